The number of guanidine groups is 1. The van der Waals surface area contributed by atoms with E-state index in [0.717, 1.165) is 71.8 Å². The van der Waals surface area contributed by atoms with Crippen LogP contribution in [-0.4, -0.2) is 69.5 Å². The number of rotatable bonds is 11. The summed E-state index contributed by atoms with van der Waals surface area (Å²) in [4.78, 5) is 6.83. The lowest BCUT2D eigenvalue weighted by Gasteiger charge is -2.26. The van der Waals surface area contributed by atoms with Crippen LogP contribution in [0.4, 0.5) is 0 Å². The second-order valence-electron chi connectivity index (χ2n) is 7.19. The summed E-state index contributed by atoms with van der Waals surface area (Å²) in [6, 6.07) is 0. The van der Waals surface area contributed by atoms with Crippen LogP contribution in [0.5, 0.6) is 0 Å². The largest absolute Gasteiger partial charge is 0.379 e. The maximum atomic E-state index is 5.95. The molecule has 0 aromatic heterocycles. The molecule has 0 aromatic rings. The minimum atomic E-state index is 0.534. The normalized spacial score (nSPS) is 20.7. The SMILES string of the molecule is NC(=NCCCN1CCOCC1)NCCCCCOC1CCCCC1. The van der Waals surface area contributed by atoms with Crippen LogP contribution in [0.3, 0.4) is 0 Å². The molecular formula is C19H38N4O2. The van der Waals surface area contributed by atoms with Gasteiger partial charge in [0.2, 0.25) is 0 Å². The molecule has 2 aliphatic rings. The molecule has 1 heterocycles. The Balaban J connectivity index is 1.36. The molecule has 25 heavy (non-hydrogen) atoms. The molecule has 0 bridgehead atoms. The Bertz CT molecular complexity index is 353. The van der Waals surface area contributed by atoms with Crippen molar-refractivity contribution < 1.29 is 9.47 Å². The fraction of sp³-hybridized carbons (Fsp3) is 0.947. The van der Waals surface area contributed by atoms with Crippen molar-refractivity contribution in [1.29, 1.82) is 0 Å². The lowest BCUT2D eigenvalue weighted by molar-refractivity contribution is 0.0264. The lowest BCUT2D eigenvalue weighted by atomic mass is 9.98. The van der Waals surface area contributed by atoms with Crippen LogP contribution in [0, 0.1) is 0 Å². The van der Waals surface area contributed by atoms with Gasteiger partial charge in [-0.05, 0) is 38.5 Å². The summed E-state index contributed by atoms with van der Waals surface area (Å²) >= 11 is 0. The van der Waals surface area contributed by atoms with Crippen molar-refractivity contribution in [3.8, 4) is 0 Å². The highest BCUT2D eigenvalue weighted by Crippen LogP contribution is 2.20. The third kappa shape index (κ3) is 10.0. The predicted octanol–water partition coefficient (Wildman–Crippen LogP) is 2.13. The highest BCUT2D eigenvalue weighted by molar-refractivity contribution is 5.77. The second-order valence-corrected chi connectivity index (χ2v) is 7.19. The first-order valence-corrected chi connectivity index (χ1v) is 10.3. The molecule has 0 amide bonds. The Morgan fingerprint density at radius 2 is 1.88 bits per heavy atom. The van der Waals surface area contributed by atoms with Gasteiger partial charge in [-0.15, -0.1) is 0 Å². The van der Waals surface area contributed by atoms with E-state index in [1.807, 2.05) is 0 Å². The van der Waals surface area contributed by atoms with E-state index in [-0.39, 0.29) is 0 Å². The highest BCUT2D eigenvalue weighted by atomic mass is 16.5. The number of aliphatic imine (C=N–C) groups is 1. The molecule has 0 radical (unpaired) electrons. The number of morpholine rings is 1. The van der Waals surface area contributed by atoms with Gasteiger partial charge in [0.1, 0.15) is 0 Å². The van der Waals surface area contributed by atoms with Crippen molar-refractivity contribution in [3.63, 3.8) is 0 Å². The summed E-state index contributed by atoms with van der Waals surface area (Å²) in [5.74, 6) is 0.584. The Morgan fingerprint density at radius 1 is 1.08 bits per heavy atom. The fourth-order valence-electron chi connectivity index (χ4n) is 3.48. The Labute approximate surface area is 153 Å². The molecule has 1 saturated heterocycles. The predicted molar refractivity (Wildman–Crippen MR) is 103 cm³/mol. The smallest absolute Gasteiger partial charge is 0.188 e. The molecule has 2 fully saturated rings. The van der Waals surface area contributed by atoms with E-state index < -0.39 is 0 Å². The van der Waals surface area contributed by atoms with Gasteiger partial charge in [-0.25, -0.2) is 0 Å². The summed E-state index contributed by atoms with van der Waals surface area (Å²) in [6.45, 7) is 7.51. The maximum absolute atomic E-state index is 5.95. The molecule has 0 unspecified atom stereocenters. The van der Waals surface area contributed by atoms with Crippen molar-refractivity contribution in [2.75, 3.05) is 52.5 Å². The standard InChI is InChI=1S/C19H38N4O2/c20-19(22-11-7-12-23-13-16-24-17-14-23)21-10-5-2-6-15-25-18-8-3-1-4-9-18/h18H,1-17H2,(H3,20,21,22). The number of nitrogens with zero attached hydrogens (tertiary/aromatic N) is 2. The van der Waals surface area contributed by atoms with Crippen LogP contribution in [0.25, 0.3) is 0 Å². The van der Waals surface area contributed by atoms with Crippen molar-refractivity contribution >= 4 is 5.96 Å². The zero-order valence-electron chi connectivity index (χ0n) is 15.9. The Kier molecular flexibility index (Phi) is 10.9. The molecule has 146 valence electrons. The van der Waals surface area contributed by atoms with Crippen LogP contribution in [0.2, 0.25) is 0 Å². The summed E-state index contributed by atoms with van der Waals surface area (Å²) in [5.41, 5.74) is 5.91. The van der Waals surface area contributed by atoms with Gasteiger partial charge in [0, 0.05) is 39.3 Å². The van der Waals surface area contributed by atoms with Crippen molar-refractivity contribution in [2.45, 2.75) is 63.9 Å². The van der Waals surface area contributed by atoms with Gasteiger partial charge in [-0.1, -0.05) is 19.3 Å². The van der Waals surface area contributed by atoms with Crippen LogP contribution < -0.4 is 11.1 Å². The number of nitrogens with two attached hydrogens (primary N) is 1. The number of ether oxygens (including phenoxy) is 2. The molecule has 6 nitrogen and oxygen atoms in total. The van der Waals surface area contributed by atoms with Crippen LogP contribution in [-0.2, 0) is 9.47 Å². The van der Waals surface area contributed by atoms with Crippen molar-refractivity contribution in [2.24, 2.45) is 10.7 Å². The summed E-state index contributed by atoms with van der Waals surface area (Å²) < 4.78 is 11.3. The first kappa shape index (κ1) is 20.5. The molecular weight excluding hydrogens is 316 g/mol. The van der Waals surface area contributed by atoms with Gasteiger partial charge in [0.05, 0.1) is 19.3 Å². The highest BCUT2D eigenvalue weighted by Gasteiger charge is 2.12. The average Bonchev–Trinajstić information content (AvgIpc) is 2.66. The zero-order chi connectivity index (χ0) is 17.6. The summed E-state index contributed by atoms with van der Waals surface area (Å²) in [5, 5.41) is 3.21. The van der Waals surface area contributed by atoms with Gasteiger partial charge < -0.3 is 20.5 Å². The van der Waals surface area contributed by atoms with E-state index in [4.69, 9.17) is 15.2 Å². The minimum Gasteiger partial charge on any atom is -0.379 e. The fourth-order valence-corrected chi connectivity index (χ4v) is 3.48. The molecule has 0 atom stereocenters. The first-order valence-electron chi connectivity index (χ1n) is 10.3. The first-order chi connectivity index (χ1) is 12.3. The lowest BCUT2D eigenvalue weighted by Crippen LogP contribution is -2.37. The van der Waals surface area contributed by atoms with Crippen LogP contribution >= 0.6 is 0 Å². The molecule has 3 N–H and O–H groups in total. The molecule has 1 aliphatic heterocycles. The second kappa shape index (κ2) is 13.4. The van der Waals surface area contributed by atoms with E-state index in [1.165, 1.54) is 38.5 Å². The summed E-state index contributed by atoms with van der Waals surface area (Å²) in [7, 11) is 0. The van der Waals surface area contributed by atoms with Gasteiger partial charge in [-0.2, -0.15) is 0 Å². The number of hydrogen-bond acceptors (Lipinski definition) is 4. The molecule has 6 heteroatoms. The third-order valence-corrected chi connectivity index (χ3v) is 5.05. The summed E-state index contributed by atoms with van der Waals surface area (Å²) in [6.07, 6.45) is 11.7. The Hall–Kier alpha value is -0.850. The average molecular weight is 355 g/mol. The molecule has 0 spiro atoms. The molecule has 0 aromatic carbocycles. The zero-order valence-corrected chi connectivity index (χ0v) is 15.9. The quantitative estimate of drug-likeness (QED) is 0.338. The van der Waals surface area contributed by atoms with E-state index in [1.54, 1.807) is 0 Å². The number of hydrogen-bond donors (Lipinski definition) is 2. The maximum Gasteiger partial charge on any atom is 0.188 e. The minimum absolute atomic E-state index is 0.534. The van der Waals surface area contributed by atoms with E-state index >= 15 is 0 Å². The molecule has 2 rings (SSSR count). The number of unbranched alkanes of at least 4 members (excludes halogenated alkanes) is 2. The topological polar surface area (TPSA) is 72.1 Å². The number of nitrogens with one attached hydrogen (secondary N) is 1. The monoisotopic (exact) mass is 354 g/mol. The van der Waals surface area contributed by atoms with Crippen molar-refractivity contribution in [3.05, 3.63) is 0 Å². The third-order valence-electron chi connectivity index (χ3n) is 5.05. The Morgan fingerprint density at radius 3 is 2.68 bits per heavy atom. The van der Waals surface area contributed by atoms with Crippen molar-refractivity contribution in [1.82, 2.24) is 10.2 Å². The van der Waals surface area contributed by atoms with Gasteiger partial charge in [0.25, 0.3) is 0 Å². The van der Waals surface area contributed by atoms with Crippen LogP contribution in [0.1, 0.15) is 57.8 Å². The van der Waals surface area contributed by atoms with Gasteiger partial charge >= 0.3 is 0 Å². The molecule has 1 saturated carbocycles. The van der Waals surface area contributed by atoms with Gasteiger partial charge in [-0.3, -0.25) is 9.89 Å². The van der Waals surface area contributed by atoms with Gasteiger partial charge in [0.15, 0.2) is 5.96 Å². The van der Waals surface area contributed by atoms with E-state index in [2.05, 4.69) is 15.2 Å². The molecule has 1 aliphatic carbocycles. The van der Waals surface area contributed by atoms with Crippen LogP contribution in [0.15, 0.2) is 4.99 Å². The van der Waals surface area contributed by atoms with E-state index in [9.17, 15) is 0 Å². The van der Waals surface area contributed by atoms with E-state index in [0.29, 0.717) is 12.1 Å².